The normalized spacial score (nSPS) is 10.5. The van der Waals surface area contributed by atoms with Gasteiger partial charge in [-0.05, 0) is 12.1 Å². The van der Waals surface area contributed by atoms with Crippen molar-refractivity contribution in [1.82, 2.24) is 0 Å². The van der Waals surface area contributed by atoms with E-state index in [1.54, 1.807) is 12.1 Å². The zero-order chi connectivity index (χ0) is 9.42. The molecule has 66 valence electrons. The molecule has 2 rings (SSSR count). The van der Waals surface area contributed by atoms with Crippen LogP contribution >= 0.6 is 22.9 Å². The quantitative estimate of drug-likeness (QED) is 0.737. The van der Waals surface area contributed by atoms with Gasteiger partial charge in [-0.3, -0.25) is 4.79 Å². The fourth-order valence-corrected chi connectivity index (χ4v) is 2.26. The number of aldehydes is 1. The number of thiophene rings is 1. The Kier molecular flexibility index (Phi) is 1.98. The third-order valence-electron chi connectivity index (χ3n) is 1.85. The van der Waals surface area contributed by atoms with Gasteiger partial charge in [0.2, 0.25) is 0 Å². The summed E-state index contributed by atoms with van der Waals surface area (Å²) in [6.07, 6.45) is 0.748. The molecule has 4 heteroatoms. The minimum absolute atomic E-state index is 0.451. The standard InChI is InChI=1S/C9H6ClNOS/c10-7-2-6-8(11)4-13-9(6)1-5(7)3-12/h1-4H,11H2. The fraction of sp³-hybridized carbons (Fsp3) is 0. The highest BCUT2D eigenvalue weighted by molar-refractivity contribution is 7.17. The lowest BCUT2D eigenvalue weighted by Gasteiger charge is -1.96. The molecular weight excluding hydrogens is 206 g/mol. The smallest absolute Gasteiger partial charge is 0.151 e. The van der Waals surface area contributed by atoms with Crippen LogP contribution in [0.3, 0.4) is 0 Å². The first-order valence-electron chi connectivity index (χ1n) is 3.64. The molecule has 2 nitrogen and oxygen atoms in total. The minimum atomic E-state index is 0.451. The Labute approximate surface area is 83.9 Å². The predicted molar refractivity (Wildman–Crippen MR) is 56.6 cm³/mol. The largest absolute Gasteiger partial charge is 0.398 e. The Morgan fingerprint density at radius 1 is 1.46 bits per heavy atom. The van der Waals surface area contributed by atoms with Crippen LogP contribution in [-0.4, -0.2) is 6.29 Å². The number of benzene rings is 1. The van der Waals surface area contributed by atoms with Gasteiger partial charge in [0, 0.05) is 21.0 Å². The molecule has 0 radical (unpaired) electrons. The van der Waals surface area contributed by atoms with Crippen LogP contribution in [0.25, 0.3) is 10.1 Å². The van der Waals surface area contributed by atoms with Crippen LogP contribution in [0.1, 0.15) is 10.4 Å². The van der Waals surface area contributed by atoms with Gasteiger partial charge in [-0.25, -0.2) is 0 Å². The van der Waals surface area contributed by atoms with E-state index in [1.807, 2.05) is 5.38 Å². The minimum Gasteiger partial charge on any atom is -0.398 e. The molecule has 0 atom stereocenters. The molecule has 0 saturated heterocycles. The molecule has 2 aromatic rings. The number of nitrogen functional groups attached to an aromatic ring is 1. The van der Waals surface area contributed by atoms with E-state index in [9.17, 15) is 4.79 Å². The average Bonchev–Trinajstić information content (AvgIpc) is 2.47. The lowest BCUT2D eigenvalue weighted by Crippen LogP contribution is -1.83. The molecule has 0 saturated carbocycles. The zero-order valence-electron chi connectivity index (χ0n) is 6.58. The van der Waals surface area contributed by atoms with Crippen molar-refractivity contribution in [2.75, 3.05) is 5.73 Å². The van der Waals surface area contributed by atoms with Crippen molar-refractivity contribution in [1.29, 1.82) is 0 Å². The van der Waals surface area contributed by atoms with Gasteiger partial charge in [0.15, 0.2) is 6.29 Å². The summed E-state index contributed by atoms with van der Waals surface area (Å²) in [5.74, 6) is 0. The Balaban J connectivity index is 2.83. The molecule has 0 spiro atoms. The number of rotatable bonds is 1. The summed E-state index contributed by atoms with van der Waals surface area (Å²) < 4.78 is 0.990. The van der Waals surface area contributed by atoms with Gasteiger partial charge < -0.3 is 5.73 Å². The maximum atomic E-state index is 10.6. The number of anilines is 1. The number of hydrogen-bond donors (Lipinski definition) is 1. The van der Waals surface area contributed by atoms with E-state index < -0.39 is 0 Å². The van der Waals surface area contributed by atoms with E-state index in [0.29, 0.717) is 16.3 Å². The van der Waals surface area contributed by atoms with Gasteiger partial charge in [0.1, 0.15) is 0 Å². The summed E-state index contributed by atoms with van der Waals surface area (Å²) in [7, 11) is 0. The van der Waals surface area contributed by atoms with Gasteiger partial charge >= 0.3 is 0 Å². The van der Waals surface area contributed by atoms with Crippen molar-refractivity contribution < 1.29 is 4.79 Å². The second-order valence-corrected chi connectivity index (χ2v) is 4.00. The van der Waals surface area contributed by atoms with Crippen molar-refractivity contribution in [3.8, 4) is 0 Å². The molecule has 2 N–H and O–H groups in total. The summed E-state index contributed by atoms with van der Waals surface area (Å²) in [4.78, 5) is 10.6. The number of carbonyl (C=O) groups is 1. The highest BCUT2D eigenvalue weighted by Gasteiger charge is 2.05. The molecule has 0 fully saturated rings. The number of carbonyl (C=O) groups excluding carboxylic acids is 1. The van der Waals surface area contributed by atoms with Crippen molar-refractivity contribution in [3.05, 3.63) is 28.1 Å². The molecule has 1 aromatic carbocycles. The van der Waals surface area contributed by atoms with Crippen molar-refractivity contribution in [2.24, 2.45) is 0 Å². The van der Waals surface area contributed by atoms with E-state index in [-0.39, 0.29) is 0 Å². The molecule has 0 bridgehead atoms. The maximum absolute atomic E-state index is 10.6. The monoisotopic (exact) mass is 211 g/mol. The topological polar surface area (TPSA) is 43.1 Å². The van der Waals surface area contributed by atoms with Crippen molar-refractivity contribution >= 4 is 45.0 Å². The summed E-state index contributed by atoms with van der Waals surface area (Å²) in [6, 6.07) is 3.48. The molecule has 0 aliphatic heterocycles. The third-order valence-corrected chi connectivity index (χ3v) is 3.14. The van der Waals surface area contributed by atoms with Gasteiger partial charge in [0.05, 0.1) is 10.7 Å². The van der Waals surface area contributed by atoms with Crippen molar-refractivity contribution in [2.45, 2.75) is 0 Å². The van der Waals surface area contributed by atoms with Gasteiger partial charge in [-0.1, -0.05) is 11.6 Å². The van der Waals surface area contributed by atoms with Crippen LogP contribution < -0.4 is 5.73 Å². The molecule has 0 aliphatic carbocycles. The summed E-state index contributed by atoms with van der Waals surface area (Å²) >= 11 is 7.36. The van der Waals surface area contributed by atoms with E-state index in [2.05, 4.69) is 0 Å². The van der Waals surface area contributed by atoms with Crippen LogP contribution in [0, 0.1) is 0 Å². The SMILES string of the molecule is Nc1csc2cc(C=O)c(Cl)cc12. The van der Waals surface area contributed by atoms with E-state index in [1.165, 1.54) is 11.3 Å². The summed E-state index contributed by atoms with van der Waals surface area (Å²) in [5, 5.41) is 3.21. The van der Waals surface area contributed by atoms with Crippen LogP contribution in [-0.2, 0) is 0 Å². The van der Waals surface area contributed by atoms with Gasteiger partial charge in [0.25, 0.3) is 0 Å². The Hall–Kier alpha value is -1.06. The highest BCUT2D eigenvalue weighted by atomic mass is 35.5. The Bertz CT molecular complexity index is 478. The summed E-state index contributed by atoms with van der Waals surface area (Å²) in [5.41, 5.74) is 6.92. The summed E-state index contributed by atoms with van der Waals surface area (Å²) in [6.45, 7) is 0. The van der Waals surface area contributed by atoms with E-state index >= 15 is 0 Å². The third kappa shape index (κ3) is 1.30. The van der Waals surface area contributed by atoms with Crippen LogP contribution in [0.4, 0.5) is 5.69 Å². The molecule has 0 unspecified atom stereocenters. The highest BCUT2D eigenvalue weighted by Crippen LogP contribution is 2.31. The van der Waals surface area contributed by atoms with Gasteiger partial charge in [-0.15, -0.1) is 11.3 Å². The first-order chi connectivity index (χ1) is 6.22. The lowest BCUT2D eigenvalue weighted by atomic mass is 10.2. The van der Waals surface area contributed by atoms with Gasteiger partial charge in [-0.2, -0.15) is 0 Å². The molecule has 0 amide bonds. The molecule has 1 aromatic heterocycles. The van der Waals surface area contributed by atoms with Crippen molar-refractivity contribution in [3.63, 3.8) is 0 Å². The Morgan fingerprint density at radius 2 is 2.23 bits per heavy atom. The van der Waals surface area contributed by atoms with E-state index in [4.69, 9.17) is 17.3 Å². The number of hydrogen-bond acceptors (Lipinski definition) is 3. The average molecular weight is 212 g/mol. The first-order valence-corrected chi connectivity index (χ1v) is 4.89. The van der Waals surface area contributed by atoms with E-state index in [0.717, 1.165) is 16.4 Å². The number of nitrogens with two attached hydrogens (primary N) is 1. The molecule has 0 aliphatic rings. The molecular formula is C9H6ClNOS. The zero-order valence-corrected chi connectivity index (χ0v) is 8.15. The Morgan fingerprint density at radius 3 is 2.92 bits per heavy atom. The number of halogens is 1. The van der Waals surface area contributed by atoms with Crippen LogP contribution in [0.5, 0.6) is 0 Å². The first kappa shape index (κ1) is 8.53. The maximum Gasteiger partial charge on any atom is 0.151 e. The lowest BCUT2D eigenvalue weighted by molar-refractivity contribution is 0.112. The predicted octanol–water partition coefficient (Wildman–Crippen LogP) is 2.95. The second kappa shape index (κ2) is 3.01. The van der Waals surface area contributed by atoms with Crippen LogP contribution in [0.15, 0.2) is 17.5 Å². The fourth-order valence-electron chi connectivity index (χ4n) is 1.17. The molecule has 13 heavy (non-hydrogen) atoms. The van der Waals surface area contributed by atoms with Crippen LogP contribution in [0.2, 0.25) is 5.02 Å². The second-order valence-electron chi connectivity index (χ2n) is 2.68. The number of fused-ring (bicyclic) bond motifs is 1. The molecule has 1 heterocycles.